The van der Waals surface area contributed by atoms with E-state index in [4.69, 9.17) is 16.3 Å². The summed E-state index contributed by atoms with van der Waals surface area (Å²) in [5.41, 5.74) is 0. The number of ether oxygens (including phenoxy) is 1. The van der Waals surface area contributed by atoms with Gasteiger partial charge in [0.2, 0.25) is 0 Å². The SMILES string of the molecule is COc1cccnc1N(CCCCl)C(C)C. The Morgan fingerprint density at radius 2 is 2.25 bits per heavy atom. The fourth-order valence-electron chi connectivity index (χ4n) is 1.60. The molecule has 0 aliphatic heterocycles. The fourth-order valence-corrected chi connectivity index (χ4v) is 1.72. The van der Waals surface area contributed by atoms with Crippen molar-refractivity contribution in [2.75, 3.05) is 24.4 Å². The summed E-state index contributed by atoms with van der Waals surface area (Å²) in [7, 11) is 1.67. The van der Waals surface area contributed by atoms with E-state index in [9.17, 15) is 0 Å². The molecule has 1 rings (SSSR count). The topological polar surface area (TPSA) is 25.4 Å². The van der Waals surface area contributed by atoms with Crippen LogP contribution in [0.1, 0.15) is 20.3 Å². The van der Waals surface area contributed by atoms with Gasteiger partial charge in [0.1, 0.15) is 0 Å². The van der Waals surface area contributed by atoms with Gasteiger partial charge in [0.05, 0.1) is 7.11 Å². The van der Waals surface area contributed by atoms with Gasteiger partial charge in [-0.25, -0.2) is 4.98 Å². The van der Waals surface area contributed by atoms with E-state index < -0.39 is 0 Å². The molecular weight excluding hydrogens is 224 g/mol. The van der Waals surface area contributed by atoms with Crippen LogP contribution in [0.25, 0.3) is 0 Å². The van der Waals surface area contributed by atoms with Gasteiger partial charge in [0.25, 0.3) is 0 Å². The molecule has 0 spiro atoms. The van der Waals surface area contributed by atoms with Crippen LogP contribution in [0.2, 0.25) is 0 Å². The summed E-state index contributed by atoms with van der Waals surface area (Å²) in [5.74, 6) is 2.37. The second kappa shape index (κ2) is 6.59. The molecule has 0 fully saturated rings. The highest BCUT2D eigenvalue weighted by molar-refractivity contribution is 6.17. The zero-order valence-corrected chi connectivity index (χ0v) is 10.9. The van der Waals surface area contributed by atoms with Crippen molar-refractivity contribution in [1.82, 2.24) is 4.98 Å². The Kier molecular flexibility index (Phi) is 5.39. The van der Waals surface area contributed by atoms with Crippen LogP contribution < -0.4 is 9.64 Å². The number of halogens is 1. The van der Waals surface area contributed by atoms with E-state index in [1.54, 1.807) is 13.3 Å². The summed E-state index contributed by atoms with van der Waals surface area (Å²) in [6, 6.07) is 4.19. The second-order valence-corrected chi connectivity index (χ2v) is 4.24. The molecule has 0 saturated carbocycles. The van der Waals surface area contributed by atoms with Crippen molar-refractivity contribution < 1.29 is 4.74 Å². The molecule has 0 atom stereocenters. The molecule has 0 bridgehead atoms. The van der Waals surface area contributed by atoms with Gasteiger partial charge in [-0.1, -0.05) is 0 Å². The standard InChI is InChI=1S/C12H19ClN2O/c1-10(2)15(9-5-7-13)12-11(16-3)6-4-8-14-12/h4,6,8,10H,5,7,9H2,1-3H3. The summed E-state index contributed by atoms with van der Waals surface area (Å²) in [6.07, 6.45) is 2.73. The maximum absolute atomic E-state index is 5.73. The van der Waals surface area contributed by atoms with E-state index in [-0.39, 0.29) is 0 Å². The van der Waals surface area contributed by atoms with Gasteiger partial charge < -0.3 is 9.64 Å². The third-order valence-electron chi connectivity index (χ3n) is 2.40. The van der Waals surface area contributed by atoms with E-state index >= 15 is 0 Å². The normalized spacial score (nSPS) is 10.6. The molecule has 0 aliphatic carbocycles. The van der Waals surface area contributed by atoms with Crippen molar-refractivity contribution in [3.05, 3.63) is 18.3 Å². The summed E-state index contributed by atoms with van der Waals surface area (Å²) < 4.78 is 5.32. The molecule has 1 aromatic rings. The van der Waals surface area contributed by atoms with Crippen LogP contribution in [0, 0.1) is 0 Å². The summed E-state index contributed by atoms with van der Waals surface area (Å²) >= 11 is 5.73. The number of pyridine rings is 1. The number of hydrogen-bond acceptors (Lipinski definition) is 3. The van der Waals surface area contributed by atoms with Gasteiger partial charge in [0.15, 0.2) is 11.6 Å². The lowest BCUT2D eigenvalue weighted by Gasteiger charge is -2.28. The van der Waals surface area contributed by atoms with Crippen LogP contribution in [0.3, 0.4) is 0 Å². The Labute approximate surface area is 102 Å². The molecule has 0 N–H and O–H groups in total. The maximum Gasteiger partial charge on any atom is 0.171 e. The first-order valence-corrected chi connectivity index (χ1v) is 6.05. The monoisotopic (exact) mass is 242 g/mol. The average molecular weight is 243 g/mol. The molecule has 90 valence electrons. The lowest BCUT2D eigenvalue weighted by molar-refractivity contribution is 0.411. The van der Waals surface area contributed by atoms with Crippen molar-refractivity contribution in [3.63, 3.8) is 0 Å². The highest BCUT2D eigenvalue weighted by Gasteiger charge is 2.15. The Morgan fingerprint density at radius 1 is 1.50 bits per heavy atom. The number of rotatable bonds is 6. The molecule has 1 aromatic heterocycles. The number of methoxy groups -OCH3 is 1. The van der Waals surface area contributed by atoms with Crippen LogP contribution in [0.4, 0.5) is 5.82 Å². The predicted octanol–water partition coefficient (Wildman–Crippen LogP) is 2.93. The maximum atomic E-state index is 5.73. The second-order valence-electron chi connectivity index (χ2n) is 3.86. The highest BCUT2D eigenvalue weighted by Crippen LogP contribution is 2.26. The minimum atomic E-state index is 0.381. The molecule has 0 aromatic carbocycles. The van der Waals surface area contributed by atoms with E-state index in [2.05, 4.69) is 23.7 Å². The number of anilines is 1. The van der Waals surface area contributed by atoms with Gasteiger partial charge in [-0.2, -0.15) is 0 Å². The van der Waals surface area contributed by atoms with Gasteiger partial charge in [-0.15, -0.1) is 11.6 Å². The van der Waals surface area contributed by atoms with Crippen molar-refractivity contribution in [1.29, 1.82) is 0 Å². The third kappa shape index (κ3) is 3.27. The molecule has 1 heterocycles. The lowest BCUT2D eigenvalue weighted by Crippen LogP contribution is -2.33. The van der Waals surface area contributed by atoms with Crippen LogP contribution >= 0.6 is 11.6 Å². The molecule has 0 radical (unpaired) electrons. The molecule has 3 nitrogen and oxygen atoms in total. The molecule has 0 amide bonds. The van der Waals surface area contributed by atoms with E-state index in [0.717, 1.165) is 24.5 Å². The zero-order valence-electron chi connectivity index (χ0n) is 10.1. The van der Waals surface area contributed by atoms with Crippen molar-refractivity contribution in [3.8, 4) is 5.75 Å². The molecule has 0 saturated heterocycles. The van der Waals surface area contributed by atoms with E-state index in [1.807, 2.05) is 12.1 Å². The molecule has 16 heavy (non-hydrogen) atoms. The molecular formula is C12H19ClN2O. The highest BCUT2D eigenvalue weighted by atomic mass is 35.5. The lowest BCUT2D eigenvalue weighted by atomic mass is 10.2. The smallest absolute Gasteiger partial charge is 0.171 e. The predicted molar refractivity (Wildman–Crippen MR) is 68.6 cm³/mol. The Balaban J connectivity index is 2.91. The number of alkyl halides is 1. The Bertz CT molecular complexity index is 318. The minimum Gasteiger partial charge on any atom is -0.493 e. The van der Waals surface area contributed by atoms with Crippen LogP contribution in [-0.4, -0.2) is 30.6 Å². The van der Waals surface area contributed by atoms with Crippen LogP contribution in [-0.2, 0) is 0 Å². The van der Waals surface area contributed by atoms with Crippen LogP contribution in [0.5, 0.6) is 5.75 Å². The number of nitrogens with zero attached hydrogens (tertiary/aromatic N) is 2. The minimum absolute atomic E-state index is 0.381. The zero-order chi connectivity index (χ0) is 12.0. The molecule has 0 aliphatic rings. The van der Waals surface area contributed by atoms with E-state index in [0.29, 0.717) is 11.9 Å². The average Bonchev–Trinajstić information content (AvgIpc) is 2.29. The summed E-state index contributed by atoms with van der Waals surface area (Å²) in [4.78, 5) is 6.59. The quantitative estimate of drug-likeness (QED) is 0.718. The largest absolute Gasteiger partial charge is 0.493 e. The molecule has 4 heteroatoms. The molecule has 0 unspecified atom stereocenters. The van der Waals surface area contributed by atoms with Gasteiger partial charge in [-0.3, -0.25) is 0 Å². The first kappa shape index (κ1) is 13.1. The Morgan fingerprint density at radius 3 is 2.81 bits per heavy atom. The number of aromatic nitrogens is 1. The van der Waals surface area contributed by atoms with E-state index in [1.165, 1.54) is 0 Å². The van der Waals surface area contributed by atoms with Gasteiger partial charge in [0, 0.05) is 24.7 Å². The van der Waals surface area contributed by atoms with Crippen LogP contribution in [0.15, 0.2) is 18.3 Å². The summed E-state index contributed by atoms with van der Waals surface area (Å²) in [5, 5.41) is 0. The van der Waals surface area contributed by atoms with Gasteiger partial charge >= 0.3 is 0 Å². The van der Waals surface area contributed by atoms with Crippen molar-refractivity contribution in [2.45, 2.75) is 26.3 Å². The summed E-state index contributed by atoms with van der Waals surface area (Å²) in [6.45, 7) is 5.18. The first-order valence-electron chi connectivity index (χ1n) is 5.52. The Hall–Kier alpha value is -0.960. The van der Waals surface area contributed by atoms with Crippen molar-refractivity contribution in [2.24, 2.45) is 0 Å². The fraction of sp³-hybridized carbons (Fsp3) is 0.583. The first-order chi connectivity index (χ1) is 7.70. The van der Waals surface area contributed by atoms with Crippen molar-refractivity contribution >= 4 is 17.4 Å². The van der Waals surface area contributed by atoms with Gasteiger partial charge in [-0.05, 0) is 32.4 Å². The number of hydrogen-bond donors (Lipinski definition) is 0. The third-order valence-corrected chi connectivity index (χ3v) is 2.67.